The van der Waals surface area contributed by atoms with Gasteiger partial charge in [0, 0.05) is 58.0 Å². The van der Waals surface area contributed by atoms with Crippen molar-refractivity contribution >= 4 is 27.5 Å². The monoisotopic (exact) mass is 603 g/mol. The molecule has 2 aromatic carbocycles. The molecule has 11 heteroatoms. The lowest BCUT2D eigenvalue weighted by molar-refractivity contribution is 0.107. The van der Waals surface area contributed by atoms with Crippen molar-refractivity contribution in [2.45, 2.75) is 55.9 Å². The highest BCUT2D eigenvalue weighted by molar-refractivity contribution is 6.03. The number of nitrogens with zero attached hydrogens (tertiary/aromatic N) is 5. The highest BCUT2D eigenvalue weighted by Gasteiger charge is 2.49. The number of phenols is 1. The fraction of sp³-hybridized carbons (Fsp3) is 0.424. The van der Waals surface area contributed by atoms with E-state index in [4.69, 9.17) is 20.3 Å². The zero-order chi connectivity index (χ0) is 32.9. The number of phenolic OH excluding ortho intramolecular Hbond substituents is 1. The second kappa shape index (κ2) is 10.2. The Morgan fingerprint density at radius 1 is 1.25 bits per heavy atom. The van der Waals surface area contributed by atoms with Crippen LogP contribution in [0.4, 0.5) is 19.0 Å². The molecule has 5 aliphatic rings. The van der Waals surface area contributed by atoms with E-state index in [1.54, 1.807) is 0 Å². The molecular formula is C33H31F3N6O2. The van der Waals surface area contributed by atoms with Crippen LogP contribution in [-0.4, -0.2) is 81.5 Å². The first-order valence-electron chi connectivity index (χ1n) is 16.3. The van der Waals surface area contributed by atoms with Crippen LogP contribution in [-0.2, 0) is 0 Å². The van der Waals surface area contributed by atoms with Gasteiger partial charge in [-0.2, -0.15) is 9.97 Å². The average molecular weight is 604 g/mol. The fourth-order valence-corrected chi connectivity index (χ4v) is 7.33. The second-order valence-corrected chi connectivity index (χ2v) is 12.1. The molecule has 4 atom stereocenters. The molecule has 0 aliphatic carbocycles. The molecule has 2 unspecified atom stereocenters. The molecule has 9 rings (SSSR count). The van der Waals surface area contributed by atoms with E-state index in [-0.39, 0.29) is 77.4 Å². The van der Waals surface area contributed by atoms with E-state index in [0.29, 0.717) is 29.7 Å². The zero-order valence-corrected chi connectivity index (χ0v) is 23.7. The summed E-state index contributed by atoms with van der Waals surface area (Å²) < 4.78 is 77.6. The number of hydrogen-bond acceptors (Lipinski definition) is 8. The van der Waals surface area contributed by atoms with Gasteiger partial charge in [0.1, 0.15) is 41.3 Å². The van der Waals surface area contributed by atoms with Crippen molar-refractivity contribution in [3.8, 4) is 35.4 Å². The van der Waals surface area contributed by atoms with Crippen molar-refractivity contribution < 1.29 is 27.1 Å². The van der Waals surface area contributed by atoms with Crippen molar-refractivity contribution in [2.75, 3.05) is 37.6 Å². The summed E-state index contributed by atoms with van der Waals surface area (Å²) in [5.41, 5.74) is -1.44. The molecule has 2 N–H and O–H groups in total. The lowest BCUT2D eigenvalue weighted by atomic mass is 9.92. The topological polar surface area (TPSA) is 86.6 Å². The van der Waals surface area contributed by atoms with Crippen LogP contribution in [0.3, 0.4) is 0 Å². The Bertz CT molecular complexity index is 2000. The third-order valence-electron chi connectivity index (χ3n) is 9.50. The number of piperidine rings is 2. The van der Waals surface area contributed by atoms with Crippen LogP contribution >= 0.6 is 0 Å². The number of aromatic nitrogens is 3. The summed E-state index contributed by atoms with van der Waals surface area (Å²) in [7, 11) is 0. The van der Waals surface area contributed by atoms with Gasteiger partial charge >= 0.3 is 6.01 Å². The fourth-order valence-electron chi connectivity index (χ4n) is 7.33. The number of halogens is 3. The van der Waals surface area contributed by atoms with Crippen LogP contribution in [0, 0.1) is 24.0 Å². The zero-order valence-electron chi connectivity index (χ0n) is 26.7. The van der Waals surface area contributed by atoms with Crippen LogP contribution in [0.2, 0.25) is 0 Å². The summed E-state index contributed by atoms with van der Waals surface area (Å²) in [6.07, 6.45) is 6.83. The molecule has 2 bridgehead atoms. The van der Waals surface area contributed by atoms with Gasteiger partial charge in [-0.3, -0.25) is 9.88 Å². The van der Waals surface area contributed by atoms with Crippen LogP contribution in [0.25, 0.3) is 32.9 Å². The van der Waals surface area contributed by atoms with Gasteiger partial charge in [-0.15, -0.1) is 6.42 Å². The van der Waals surface area contributed by atoms with Gasteiger partial charge in [0.25, 0.3) is 0 Å². The largest absolute Gasteiger partial charge is 0.508 e. The Kier molecular flexibility index (Phi) is 5.62. The summed E-state index contributed by atoms with van der Waals surface area (Å²) in [6, 6.07) is 5.42. The standard InChI is InChI=1S/C33H31F3N6O2/c1-2-23-26(35)7-4-18-10-22(43)11-24(27(18)23)29-28(36)30-25(14-38-29)31(42-16-20-5-6-21(42)13-37-20)40-32(39-30)44-17-33-8-3-9-41(33)15-19(34)12-33/h1,4,7,10-11,14,19-21,37,43H,3,5-6,8-9,12-13,15-17H2/t19-,20?,21?,33+/m1/s1/i9D2,19D. The number of piperazine rings is 1. The molecule has 44 heavy (non-hydrogen) atoms. The molecule has 0 saturated carbocycles. The highest BCUT2D eigenvalue weighted by atomic mass is 19.1. The van der Waals surface area contributed by atoms with Crippen molar-refractivity contribution in [3.05, 3.63) is 47.7 Å². The molecule has 226 valence electrons. The first kappa shape index (κ1) is 24.2. The summed E-state index contributed by atoms with van der Waals surface area (Å²) >= 11 is 0. The van der Waals surface area contributed by atoms with E-state index in [1.807, 2.05) is 0 Å². The maximum Gasteiger partial charge on any atom is 0.319 e. The van der Waals surface area contributed by atoms with Crippen LogP contribution in [0.5, 0.6) is 11.8 Å². The Balaban J connectivity index is 1.28. The number of terminal acetylenes is 1. The molecule has 7 heterocycles. The Hall–Kier alpha value is -4.14. The maximum absolute atomic E-state index is 16.8. The number of nitrogens with one attached hydrogen (secondary N) is 1. The van der Waals surface area contributed by atoms with Crippen molar-refractivity contribution in [2.24, 2.45) is 0 Å². The molecule has 5 saturated heterocycles. The van der Waals surface area contributed by atoms with E-state index in [1.165, 1.54) is 35.4 Å². The molecule has 4 aromatic rings. The van der Waals surface area contributed by atoms with Gasteiger partial charge in [-0.25, -0.2) is 13.2 Å². The van der Waals surface area contributed by atoms with E-state index in [2.05, 4.69) is 26.1 Å². The Morgan fingerprint density at radius 3 is 2.91 bits per heavy atom. The Labute approximate surface area is 256 Å². The number of hydrogen-bond donors (Lipinski definition) is 2. The van der Waals surface area contributed by atoms with E-state index in [0.717, 1.165) is 12.8 Å². The minimum absolute atomic E-state index is 0.0753. The molecule has 5 aliphatic heterocycles. The molecule has 0 spiro atoms. The normalized spacial score (nSPS) is 30.2. The number of benzene rings is 2. The average Bonchev–Trinajstić information content (AvgIpc) is 3.47. The number of rotatable bonds is 5. The van der Waals surface area contributed by atoms with Crippen LogP contribution in [0.1, 0.15) is 41.8 Å². The number of aromatic hydroxyl groups is 1. The van der Waals surface area contributed by atoms with Crippen molar-refractivity contribution in [1.29, 1.82) is 0 Å². The van der Waals surface area contributed by atoms with Crippen LogP contribution < -0.4 is 15.0 Å². The van der Waals surface area contributed by atoms with Gasteiger partial charge < -0.3 is 20.1 Å². The molecule has 0 amide bonds. The summed E-state index contributed by atoms with van der Waals surface area (Å²) in [5.74, 6) is 1.02. The molecule has 0 radical (unpaired) electrons. The first-order valence-corrected chi connectivity index (χ1v) is 14.8. The van der Waals surface area contributed by atoms with E-state index in [9.17, 15) is 13.9 Å². The smallest absolute Gasteiger partial charge is 0.319 e. The summed E-state index contributed by atoms with van der Waals surface area (Å²) in [6.45, 7) is -1.06. The first-order chi connectivity index (χ1) is 22.4. The lowest BCUT2D eigenvalue weighted by Gasteiger charge is -2.46. The molecular weight excluding hydrogens is 569 g/mol. The molecule has 2 aromatic heterocycles. The highest BCUT2D eigenvalue weighted by Crippen LogP contribution is 2.42. The summed E-state index contributed by atoms with van der Waals surface area (Å²) in [4.78, 5) is 17.1. The molecule has 8 nitrogen and oxygen atoms in total. The van der Waals surface area contributed by atoms with Crippen molar-refractivity contribution in [3.63, 3.8) is 0 Å². The third-order valence-corrected chi connectivity index (χ3v) is 9.50. The molecule has 5 fully saturated rings. The van der Waals surface area contributed by atoms with E-state index >= 15 is 4.39 Å². The Morgan fingerprint density at radius 2 is 2.14 bits per heavy atom. The van der Waals surface area contributed by atoms with Crippen LogP contribution in [0.15, 0.2) is 30.5 Å². The number of pyridine rings is 1. The second-order valence-electron chi connectivity index (χ2n) is 12.1. The predicted octanol–water partition coefficient (Wildman–Crippen LogP) is 4.71. The SMILES string of the molecule is [2H]C1([2H])CC[C@@]2(COc3nc(N4CC5CCC4CN5)c4cnc(-c5cc(O)cc6ccc(F)c(C#C)c56)c(F)c4n3)C[C@@]([2H])(F)CN12. The summed E-state index contributed by atoms with van der Waals surface area (Å²) in [5, 5.41) is 15.0. The number of ether oxygens (including phenoxy) is 1. The number of alkyl halides is 1. The van der Waals surface area contributed by atoms with Gasteiger partial charge in [-0.05, 0) is 55.8 Å². The maximum atomic E-state index is 16.8. The minimum Gasteiger partial charge on any atom is -0.508 e. The van der Waals surface area contributed by atoms with Gasteiger partial charge in [0.2, 0.25) is 0 Å². The van der Waals surface area contributed by atoms with E-state index < -0.39 is 36.4 Å². The third kappa shape index (κ3) is 4.26. The minimum atomic E-state index is -2.35. The lowest BCUT2D eigenvalue weighted by Crippen LogP contribution is -2.61. The van der Waals surface area contributed by atoms with Gasteiger partial charge in [0.15, 0.2) is 5.82 Å². The predicted molar refractivity (Wildman–Crippen MR) is 160 cm³/mol. The van der Waals surface area contributed by atoms with Gasteiger partial charge in [0.05, 0.1) is 17.9 Å². The van der Waals surface area contributed by atoms with Crippen molar-refractivity contribution in [1.82, 2.24) is 25.2 Å². The van der Waals surface area contributed by atoms with Gasteiger partial charge in [-0.1, -0.05) is 12.0 Å². The number of anilines is 1. The quantitative estimate of drug-likeness (QED) is 0.318. The number of fused-ring (bicyclic) bond motifs is 6.